The molecule has 16 aromatic carbocycles. The molecule has 0 unspecified atom stereocenters. The Morgan fingerprint density at radius 3 is 0.430 bits per heavy atom. The number of nitrogens with two attached hydrogens (primary N) is 1. The van der Waals surface area contributed by atoms with Gasteiger partial charge in [-0.05, 0) is 272 Å². The molecule has 9 nitrogen and oxygen atoms in total. The molecule has 0 heterocycles. The van der Waals surface area contributed by atoms with Gasteiger partial charge in [0.25, 0.3) is 0 Å². The topological polar surface area (TPSA) is 42.5 Å². The summed E-state index contributed by atoms with van der Waals surface area (Å²) in [5.41, 5.74) is 14.9. The Morgan fingerprint density at radius 1 is 0.180 bits per heavy atom. The molecule has 0 aliphatic heterocycles. The van der Waals surface area contributed by atoms with E-state index in [0.717, 1.165) is 0 Å². The monoisotopic (exact) mass is 2040 g/mol. The normalized spacial score (nSPS) is 10.7. The Bertz CT molecular complexity index is 5240. The summed E-state index contributed by atoms with van der Waals surface area (Å²) in [6, 6.07) is 129. The molecule has 16 rings (SSSR count). The number of quaternary nitrogens is 1. The minimum absolute atomic E-state index is 0. The zero-order valence-electron chi connectivity index (χ0n) is 76.3. The molecule has 0 saturated carbocycles. The molecule has 0 radical (unpaired) electrons. The second-order valence-electron chi connectivity index (χ2n) is 32.5. The molecule has 0 saturated heterocycles. The van der Waals surface area contributed by atoms with E-state index in [4.69, 9.17) is 0 Å². The summed E-state index contributed by atoms with van der Waals surface area (Å²) in [7, 11) is 29.9. The van der Waals surface area contributed by atoms with Crippen molar-refractivity contribution < 1.29 is 106 Å². The number of anilines is 8. The molecule has 0 atom stereocenters. The van der Waals surface area contributed by atoms with Crippen LogP contribution in [0.25, 0.3) is 65.3 Å². The summed E-state index contributed by atoms with van der Waals surface area (Å²) in [4.78, 5) is 17.4. The number of nitrogens with zero attached hydrogens (tertiary/aromatic N) is 8. The quantitative estimate of drug-likeness (QED) is 0.0731. The van der Waals surface area contributed by atoms with E-state index in [1.165, 1.54) is 188 Å². The molecule has 2 N–H and O–H groups in total. The first-order chi connectivity index (χ1) is 58.6. The van der Waals surface area contributed by atoms with Gasteiger partial charge in [-0.25, -0.2) is 0 Å². The average Bonchev–Trinajstić information content (AvgIpc) is 0.733. The van der Waals surface area contributed by atoms with Crippen LogP contribution in [0.3, 0.4) is 0 Å². The van der Waals surface area contributed by atoms with Crippen LogP contribution in [-0.2, 0) is 39.0 Å². The molecule has 664 valence electrons. The Balaban J connectivity index is 0.000000317. The predicted molar refractivity (Wildman–Crippen MR) is 546 cm³/mol. The SMILES string of the molecule is CC[NH2+]CC.CN(C)c1ccc(P(c2ccc(N(C)C)cc2)c2ccc3ccccc3c2-c2c(P(c3ccc(N(C)C)cc3)c3ccc(N(C)C)cc3)ccc3ccccc23)cc1.CN(C)c1ccc(P(c2ccc(N(C)C)cc2)c2ccc3ccccc3c2-c2c(P(c3ccc(N(C)C)cc3)c3ccc(N(C)C)cc3)ccc3ccccc23)cc1.[Cl-].[Cl-].[Cl-].[Cl-].[Cl-].[Ru+2].[Ru+2]. The number of hydrogen-bond acceptors (Lipinski definition) is 8. The van der Waals surface area contributed by atoms with E-state index in [-0.39, 0.29) is 101 Å². The Kier molecular flexibility index (Phi) is 40.7. The fourth-order valence-electron chi connectivity index (χ4n) is 16.0. The van der Waals surface area contributed by atoms with Crippen LogP contribution in [0.5, 0.6) is 0 Å². The Morgan fingerprint density at radius 2 is 0.312 bits per heavy atom. The smallest absolute Gasteiger partial charge is 1.00 e. The zero-order chi connectivity index (χ0) is 85.1. The van der Waals surface area contributed by atoms with E-state index in [2.05, 4.69) is 511 Å². The van der Waals surface area contributed by atoms with E-state index < -0.39 is 31.7 Å². The van der Waals surface area contributed by atoms with E-state index in [9.17, 15) is 0 Å². The van der Waals surface area contributed by atoms with E-state index in [0.29, 0.717) is 0 Å². The third kappa shape index (κ3) is 24.0. The van der Waals surface area contributed by atoms with Crippen LogP contribution < -0.4 is 170 Å². The maximum atomic E-state index is 2.44. The molecule has 128 heavy (non-hydrogen) atoms. The number of fused-ring (bicyclic) bond motifs is 4. The van der Waals surface area contributed by atoms with Gasteiger partial charge in [0.2, 0.25) is 0 Å². The molecular formula is C108H116Cl5N9P4Ru2. The molecule has 0 bridgehead atoms. The van der Waals surface area contributed by atoms with Gasteiger partial charge in [-0.3, -0.25) is 0 Å². The zero-order valence-corrected chi connectivity index (χ0v) is 87.1. The first-order valence-electron chi connectivity index (χ1n) is 41.9. The van der Waals surface area contributed by atoms with Crippen LogP contribution in [0.2, 0.25) is 0 Å². The van der Waals surface area contributed by atoms with Crippen molar-refractivity contribution in [1.29, 1.82) is 0 Å². The molecule has 20 heteroatoms. The van der Waals surface area contributed by atoms with Crippen molar-refractivity contribution in [3.05, 3.63) is 340 Å². The summed E-state index contributed by atoms with van der Waals surface area (Å²) < 4.78 is 0. The van der Waals surface area contributed by atoms with Crippen LogP contribution in [-0.4, -0.2) is 126 Å². The van der Waals surface area contributed by atoms with Crippen molar-refractivity contribution in [3.63, 3.8) is 0 Å². The second kappa shape index (κ2) is 49.0. The van der Waals surface area contributed by atoms with Gasteiger partial charge in [0.15, 0.2) is 0 Å². The van der Waals surface area contributed by atoms with E-state index in [1.807, 2.05) is 0 Å². The average molecular weight is 2040 g/mol. The van der Waals surface area contributed by atoms with Crippen molar-refractivity contribution in [1.82, 2.24) is 0 Å². The first kappa shape index (κ1) is 106. The van der Waals surface area contributed by atoms with E-state index >= 15 is 0 Å². The van der Waals surface area contributed by atoms with Gasteiger partial charge in [0, 0.05) is 158 Å². The summed E-state index contributed by atoms with van der Waals surface area (Å²) in [5, 5.41) is 28.4. The third-order valence-electron chi connectivity index (χ3n) is 22.7. The van der Waals surface area contributed by atoms with Gasteiger partial charge in [-0.2, -0.15) is 0 Å². The van der Waals surface area contributed by atoms with Crippen molar-refractivity contribution in [2.45, 2.75) is 13.8 Å². The van der Waals surface area contributed by atoms with Crippen LogP contribution in [0.15, 0.2) is 340 Å². The summed E-state index contributed by atoms with van der Waals surface area (Å²) in [5.74, 6) is 0. The van der Waals surface area contributed by atoms with Gasteiger partial charge in [0.05, 0.1) is 13.1 Å². The van der Waals surface area contributed by atoms with E-state index in [1.54, 1.807) is 0 Å². The number of benzene rings is 16. The van der Waals surface area contributed by atoms with Crippen LogP contribution in [0.4, 0.5) is 45.5 Å². The first-order valence-corrected chi connectivity index (χ1v) is 47.2. The van der Waals surface area contributed by atoms with Gasteiger partial charge in [0.1, 0.15) is 0 Å². The predicted octanol–water partition coefficient (Wildman–Crippen LogP) is 3.49. The van der Waals surface area contributed by atoms with Crippen molar-refractivity contribution in [2.24, 2.45) is 0 Å². The second-order valence-corrected chi connectivity index (χ2v) is 41.2. The number of hydrogen-bond donors (Lipinski definition) is 1. The minimum atomic E-state index is -0.987. The Hall–Kier alpha value is -8.66. The van der Waals surface area contributed by atoms with Crippen LogP contribution >= 0.6 is 31.7 Å². The third-order valence-corrected chi connectivity index (χ3v) is 32.6. The van der Waals surface area contributed by atoms with Crippen LogP contribution in [0.1, 0.15) is 13.8 Å². The van der Waals surface area contributed by atoms with Crippen molar-refractivity contribution >= 4 is 184 Å². The van der Waals surface area contributed by atoms with Gasteiger partial charge in [-0.1, -0.05) is 243 Å². The van der Waals surface area contributed by atoms with Crippen molar-refractivity contribution in [3.8, 4) is 22.3 Å². The number of rotatable bonds is 24. The molecule has 16 aromatic rings. The maximum absolute atomic E-state index is 2.44. The summed E-state index contributed by atoms with van der Waals surface area (Å²) >= 11 is 0. The van der Waals surface area contributed by atoms with Gasteiger partial charge >= 0.3 is 39.0 Å². The fraction of sp³-hybridized carbons (Fsp3) is 0.185. The molecule has 0 aromatic heterocycles. The largest absolute Gasteiger partial charge is 2.00 e. The Labute approximate surface area is 823 Å². The fourth-order valence-corrected chi connectivity index (χ4v) is 25.7. The minimum Gasteiger partial charge on any atom is -1.00 e. The maximum Gasteiger partial charge on any atom is 2.00 e. The molecule has 0 spiro atoms. The molecule has 0 aliphatic rings. The molecular weight excluding hydrogens is 1930 g/mol. The molecule has 0 fully saturated rings. The molecule has 0 amide bonds. The summed E-state index contributed by atoms with van der Waals surface area (Å²) in [6.07, 6.45) is 0. The van der Waals surface area contributed by atoms with Crippen LogP contribution in [0, 0.1) is 0 Å². The number of halogens is 5. The summed E-state index contributed by atoms with van der Waals surface area (Å²) in [6.45, 7) is 6.75. The van der Waals surface area contributed by atoms with Gasteiger partial charge in [-0.15, -0.1) is 0 Å². The van der Waals surface area contributed by atoms with Gasteiger partial charge < -0.3 is 107 Å². The van der Waals surface area contributed by atoms with Crippen molar-refractivity contribution in [2.75, 3.05) is 165 Å². The molecule has 0 aliphatic carbocycles. The standard InChI is InChI=1S/2C52H52N4P2.C4H11N.5ClH.2Ru/c2*1-53(2)39-19-27-43(28-20-39)57(44-29-21-40(22-30-44)54(3)4)49-35-17-37-13-9-11-15-47(37)51(49)52-48-16-12-10-14-38(48)18-36-50(52)58(45-31-23-41(24-32-45)55(5)6)46-33-25-42(26-34-46)56(7)8;1-3-5-4-2;;;;;;;/h2*9-36H,1-8H3;5H,3-4H2,1-2H3;5*1H;;/q;;;;;;;;2*+2/p-4.